The number of rotatable bonds is 0. The second kappa shape index (κ2) is 3.43. The number of alkyl halides is 2. The van der Waals surface area contributed by atoms with Crippen molar-refractivity contribution in [1.29, 1.82) is 0 Å². The summed E-state index contributed by atoms with van der Waals surface area (Å²) in [6.45, 7) is 3.07. The van der Waals surface area contributed by atoms with Crippen LogP contribution in [0, 0.1) is 0 Å². The van der Waals surface area contributed by atoms with Gasteiger partial charge in [-0.1, -0.05) is 0 Å². The van der Waals surface area contributed by atoms with Gasteiger partial charge in [-0.15, -0.1) is 0 Å². The first-order valence-corrected chi connectivity index (χ1v) is 10.2. The predicted molar refractivity (Wildman–Crippen MR) is 43.0 cm³/mol. The third kappa shape index (κ3) is 1.78. The monoisotopic (exact) mass is 396 g/mol. The summed E-state index contributed by atoms with van der Waals surface area (Å²) in [5, 5.41) is -1.99. The van der Waals surface area contributed by atoms with E-state index in [-0.39, 0.29) is 6.61 Å². The Kier molecular flexibility index (Phi) is 2.78. The van der Waals surface area contributed by atoms with Gasteiger partial charge in [0.1, 0.15) is 0 Å². The van der Waals surface area contributed by atoms with Crippen LogP contribution >= 0.6 is 5.35 Å². The number of ether oxygens (including phenoxy) is 1. The molecule has 82 valence electrons. The van der Waals surface area contributed by atoms with Gasteiger partial charge in [-0.05, 0) is 0 Å². The van der Waals surface area contributed by atoms with Crippen LogP contribution in [0.25, 0.3) is 0 Å². The Morgan fingerprint density at radius 2 is 2.21 bits per heavy atom. The van der Waals surface area contributed by atoms with E-state index in [1.807, 2.05) is 0 Å². The molecule has 0 saturated carbocycles. The fourth-order valence-electron chi connectivity index (χ4n) is 1.62. The van der Waals surface area contributed by atoms with Crippen molar-refractivity contribution >= 4 is 5.35 Å². The summed E-state index contributed by atoms with van der Waals surface area (Å²) >= 11 is 1.10. The summed E-state index contributed by atoms with van der Waals surface area (Å²) < 4.78 is 42.9. The molecule has 2 rings (SSSR count). The van der Waals surface area contributed by atoms with Crippen molar-refractivity contribution in [1.82, 2.24) is 0 Å². The molecule has 5 atom stereocenters. The van der Waals surface area contributed by atoms with Gasteiger partial charge in [-0.3, -0.25) is 0 Å². The summed E-state index contributed by atoms with van der Waals surface area (Å²) in [6.07, 6.45) is -3.27. The van der Waals surface area contributed by atoms with Gasteiger partial charge in [-0.25, -0.2) is 0 Å². The first-order valence-electron chi connectivity index (χ1n) is 4.25. The molecule has 0 aromatic heterocycles. The van der Waals surface area contributed by atoms with E-state index in [4.69, 9.17) is 13.8 Å². The van der Waals surface area contributed by atoms with Crippen molar-refractivity contribution in [3.63, 3.8) is 0 Å². The molecule has 2 fully saturated rings. The fourth-order valence-corrected chi connectivity index (χ4v) is 4.35. The summed E-state index contributed by atoms with van der Waals surface area (Å²) in [7, 11) is 0. The molecule has 7 heteroatoms. The summed E-state index contributed by atoms with van der Waals surface area (Å²) in [6, 6.07) is 0. The quantitative estimate of drug-likeness (QED) is 0.585. The van der Waals surface area contributed by atoms with E-state index < -0.39 is 29.6 Å². The first kappa shape index (κ1) is 11.3. The average Bonchev–Trinajstić information content (AvgIpc) is 2.27. The van der Waals surface area contributed by atoms with E-state index in [2.05, 4.69) is 0 Å². The molecule has 14 heavy (non-hydrogen) atoms. The minimum atomic E-state index is -2.09. The number of hydrogen-bond donors (Lipinski definition) is 0. The van der Waals surface area contributed by atoms with Gasteiger partial charge in [-0.2, -0.15) is 0 Å². The molecular formula is C7H11F2O3PW. The molecule has 0 spiro atoms. The third-order valence-electron chi connectivity index (χ3n) is 2.35. The van der Waals surface area contributed by atoms with Crippen LogP contribution in [0.5, 0.6) is 0 Å². The standard InChI is InChI=1S/C7H11F2O3P.W/c1-4-5(8)6-7(9,11-4)3-10-13(2)12-6;/h4-6H,3H2,1-2H3;/t4-,5-,6-,7+,13?;/m0./s1. The Morgan fingerprint density at radius 3 is 2.86 bits per heavy atom. The average molecular weight is 396 g/mol. The third-order valence-corrected chi connectivity index (χ3v) is 5.62. The zero-order chi connectivity index (χ0) is 10.6. The molecule has 2 aliphatic heterocycles. The van der Waals surface area contributed by atoms with Crippen LogP contribution in [-0.2, 0) is 32.6 Å². The Morgan fingerprint density at radius 1 is 1.57 bits per heavy atom. The first-order chi connectivity index (χ1) is 6.34. The minimum absolute atomic E-state index is 0.212. The molecule has 0 amide bonds. The van der Waals surface area contributed by atoms with Gasteiger partial charge in [0.15, 0.2) is 0 Å². The van der Waals surface area contributed by atoms with Crippen LogP contribution in [0.15, 0.2) is 0 Å². The molecule has 0 radical (unpaired) electrons. The van der Waals surface area contributed by atoms with Gasteiger partial charge in [0.2, 0.25) is 0 Å². The van der Waals surface area contributed by atoms with Crippen LogP contribution in [0.3, 0.4) is 0 Å². The second-order valence-corrected chi connectivity index (χ2v) is 12.8. The summed E-state index contributed by atoms with van der Waals surface area (Å²) in [5.74, 6) is -2.09. The molecule has 2 saturated heterocycles. The van der Waals surface area contributed by atoms with Crippen LogP contribution in [0.4, 0.5) is 8.78 Å². The molecule has 0 N–H and O–H groups in total. The predicted octanol–water partition coefficient (Wildman–Crippen LogP) is 1.76. The molecular weight excluding hydrogens is 385 g/mol. The Labute approximate surface area is 91.4 Å². The second-order valence-electron chi connectivity index (χ2n) is 3.62. The molecule has 2 aliphatic rings. The van der Waals surface area contributed by atoms with Crippen LogP contribution in [-0.4, -0.2) is 37.5 Å². The Hall–Kier alpha value is 0.858. The van der Waals surface area contributed by atoms with Crippen molar-refractivity contribution < 1.29 is 41.4 Å². The van der Waals surface area contributed by atoms with E-state index in [1.54, 1.807) is 6.66 Å². The van der Waals surface area contributed by atoms with Gasteiger partial charge < -0.3 is 0 Å². The number of hydrogen-bond acceptors (Lipinski definition) is 3. The zero-order valence-electron chi connectivity index (χ0n) is 7.78. The molecule has 0 aliphatic carbocycles. The van der Waals surface area contributed by atoms with Gasteiger partial charge in [0.25, 0.3) is 0 Å². The van der Waals surface area contributed by atoms with Crippen molar-refractivity contribution in [3.05, 3.63) is 0 Å². The van der Waals surface area contributed by atoms with Crippen LogP contribution < -0.4 is 0 Å². The maximum atomic E-state index is 13.9. The van der Waals surface area contributed by atoms with E-state index in [9.17, 15) is 8.78 Å². The van der Waals surface area contributed by atoms with Crippen LogP contribution in [0.2, 0.25) is 0 Å². The van der Waals surface area contributed by atoms with E-state index in [0.717, 1.165) is 18.8 Å². The van der Waals surface area contributed by atoms with E-state index in [0.29, 0.717) is 0 Å². The van der Waals surface area contributed by atoms with Crippen molar-refractivity contribution in [3.8, 4) is 0 Å². The molecule has 0 aromatic rings. The molecule has 0 bridgehead atoms. The molecule has 3 nitrogen and oxygen atoms in total. The molecule has 2 heterocycles. The zero-order valence-corrected chi connectivity index (χ0v) is 11.6. The van der Waals surface area contributed by atoms with Crippen molar-refractivity contribution in [2.45, 2.75) is 31.2 Å². The maximum absolute atomic E-state index is 13.9. The fraction of sp³-hybridized carbons (Fsp3) is 1.00. The van der Waals surface area contributed by atoms with Crippen molar-refractivity contribution in [2.75, 3.05) is 13.3 Å². The van der Waals surface area contributed by atoms with E-state index >= 15 is 0 Å². The normalized spacial score (nSPS) is 58.4. The Balaban J connectivity index is 2.25. The topological polar surface area (TPSA) is 27.7 Å². The summed E-state index contributed by atoms with van der Waals surface area (Å²) in [5.41, 5.74) is 0. The van der Waals surface area contributed by atoms with E-state index in [1.165, 1.54) is 6.92 Å². The Bertz CT molecular complexity index is 303. The van der Waals surface area contributed by atoms with Gasteiger partial charge >= 0.3 is 91.2 Å². The van der Waals surface area contributed by atoms with Crippen molar-refractivity contribution in [2.24, 2.45) is 0 Å². The SMILES string of the molecule is C[C@@H]1O[C@]2(F)CO[P](C)(=[W])O[C@H]2[C@H]1F. The molecule has 1 unspecified atom stereocenters. The van der Waals surface area contributed by atoms with Gasteiger partial charge in [0, 0.05) is 0 Å². The molecule has 0 aromatic carbocycles. The van der Waals surface area contributed by atoms with Crippen LogP contribution in [0.1, 0.15) is 6.92 Å². The number of halogens is 2. The van der Waals surface area contributed by atoms with Gasteiger partial charge in [0.05, 0.1) is 0 Å². The number of fused-ring (bicyclic) bond motifs is 1. The summed E-state index contributed by atoms with van der Waals surface area (Å²) in [4.78, 5) is 0.